The third-order valence-corrected chi connectivity index (χ3v) is 6.12. The van der Waals surface area contributed by atoms with Crippen molar-refractivity contribution in [1.29, 1.82) is 0 Å². The first-order valence-corrected chi connectivity index (χ1v) is 11.6. The molecule has 1 aliphatic heterocycles. The van der Waals surface area contributed by atoms with Gasteiger partial charge in [0.05, 0.1) is 19.6 Å². The Balaban J connectivity index is 1.43. The standard InChI is InChI=1S/C26H32N4O3/c1-4-15-30(18-24-27-25(28-33-24)20-9-13-23(32-3)14-10-20)26(31)21-6-5-16-29(17-21)22-11-7-19(2)8-12-22/h7-14,21H,4-6,15-18H2,1-3H3. The molecule has 1 saturated heterocycles. The lowest BCUT2D eigenvalue weighted by atomic mass is 9.95. The molecule has 1 aliphatic rings. The Bertz CT molecular complexity index is 1050. The summed E-state index contributed by atoms with van der Waals surface area (Å²) in [5.74, 6) is 1.87. The van der Waals surface area contributed by atoms with Gasteiger partial charge in [0.1, 0.15) is 5.75 Å². The minimum atomic E-state index is -0.0319. The molecule has 1 fully saturated rings. The van der Waals surface area contributed by atoms with Gasteiger partial charge >= 0.3 is 0 Å². The number of hydrogen-bond acceptors (Lipinski definition) is 6. The summed E-state index contributed by atoms with van der Waals surface area (Å²) in [6.45, 7) is 6.89. The molecule has 174 valence electrons. The molecule has 7 heteroatoms. The molecule has 0 spiro atoms. The number of aryl methyl sites for hydroxylation is 1. The van der Waals surface area contributed by atoms with Crippen LogP contribution in [0.4, 0.5) is 5.69 Å². The number of methoxy groups -OCH3 is 1. The van der Waals surface area contributed by atoms with Gasteiger partial charge in [-0.1, -0.05) is 29.8 Å². The van der Waals surface area contributed by atoms with Crippen molar-refractivity contribution < 1.29 is 14.1 Å². The van der Waals surface area contributed by atoms with Crippen LogP contribution in [0.15, 0.2) is 53.1 Å². The van der Waals surface area contributed by atoms with Gasteiger partial charge in [-0.05, 0) is 62.6 Å². The average molecular weight is 449 g/mol. The summed E-state index contributed by atoms with van der Waals surface area (Å²) in [7, 11) is 1.63. The number of anilines is 1. The van der Waals surface area contributed by atoms with E-state index in [-0.39, 0.29) is 11.8 Å². The Labute approximate surface area is 195 Å². The van der Waals surface area contributed by atoms with Crippen LogP contribution in [0.25, 0.3) is 11.4 Å². The van der Waals surface area contributed by atoms with Crippen LogP contribution in [0.2, 0.25) is 0 Å². The number of benzene rings is 2. The van der Waals surface area contributed by atoms with E-state index in [0.29, 0.717) is 24.8 Å². The molecular weight excluding hydrogens is 416 g/mol. The van der Waals surface area contributed by atoms with Crippen LogP contribution in [0, 0.1) is 12.8 Å². The molecule has 3 aromatic rings. The predicted octanol–water partition coefficient (Wildman–Crippen LogP) is 4.71. The van der Waals surface area contributed by atoms with Crippen molar-refractivity contribution >= 4 is 11.6 Å². The van der Waals surface area contributed by atoms with Gasteiger partial charge in [0.15, 0.2) is 0 Å². The number of amides is 1. The summed E-state index contributed by atoms with van der Waals surface area (Å²) < 4.78 is 10.7. The van der Waals surface area contributed by atoms with Gasteiger partial charge in [-0.2, -0.15) is 4.98 Å². The van der Waals surface area contributed by atoms with E-state index in [9.17, 15) is 4.79 Å². The topological polar surface area (TPSA) is 71.7 Å². The first-order valence-electron chi connectivity index (χ1n) is 11.6. The van der Waals surface area contributed by atoms with Crippen LogP contribution < -0.4 is 9.64 Å². The molecule has 1 aromatic heterocycles. The molecule has 4 rings (SSSR count). The molecule has 0 aliphatic carbocycles. The number of rotatable bonds is 8. The number of ether oxygens (including phenoxy) is 1. The summed E-state index contributed by atoms with van der Waals surface area (Å²) >= 11 is 0. The molecule has 2 heterocycles. The van der Waals surface area contributed by atoms with E-state index < -0.39 is 0 Å². The van der Waals surface area contributed by atoms with E-state index in [2.05, 4.69) is 53.2 Å². The number of aromatic nitrogens is 2. The second-order valence-corrected chi connectivity index (χ2v) is 8.62. The fourth-order valence-electron chi connectivity index (χ4n) is 4.30. The maximum atomic E-state index is 13.5. The maximum absolute atomic E-state index is 13.5. The first kappa shape index (κ1) is 22.8. The smallest absolute Gasteiger partial charge is 0.246 e. The zero-order valence-corrected chi connectivity index (χ0v) is 19.7. The highest BCUT2D eigenvalue weighted by Gasteiger charge is 2.30. The largest absolute Gasteiger partial charge is 0.497 e. The van der Waals surface area contributed by atoms with Crippen LogP contribution in [0.3, 0.4) is 0 Å². The first-order chi connectivity index (χ1) is 16.1. The van der Waals surface area contributed by atoms with Crippen molar-refractivity contribution in [3.8, 4) is 17.1 Å². The molecule has 0 bridgehead atoms. The third-order valence-electron chi connectivity index (χ3n) is 6.12. The lowest BCUT2D eigenvalue weighted by molar-refractivity contribution is -0.136. The van der Waals surface area contributed by atoms with Crippen LogP contribution in [-0.2, 0) is 11.3 Å². The van der Waals surface area contributed by atoms with Gasteiger partial charge < -0.3 is 19.1 Å². The average Bonchev–Trinajstić information content (AvgIpc) is 3.32. The molecule has 1 atom stereocenters. The second kappa shape index (κ2) is 10.5. The Morgan fingerprint density at radius 2 is 1.94 bits per heavy atom. The van der Waals surface area contributed by atoms with Crippen molar-refractivity contribution in [3.63, 3.8) is 0 Å². The van der Waals surface area contributed by atoms with Crippen LogP contribution in [-0.4, -0.2) is 47.7 Å². The minimum Gasteiger partial charge on any atom is -0.497 e. The zero-order valence-electron chi connectivity index (χ0n) is 19.7. The van der Waals surface area contributed by atoms with Crippen molar-refractivity contribution in [2.24, 2.45) is 5.92 Å². The van der Waals surface area contributed by atoms with E-state index in [1.165, 1.54) is 11.3 Å². The van der Waals surface area contributed by atoms with E-state index in [4.69, 9.17) is 9.26 Å². The van der Waals surface area contributed by atoms with Crippen molar-refractivity contribution in [1.82, 2.24) is 15.0 Å². The Hall–Kier alpha value is -3.35. The van der Waals surface area contributed by atoms with E-state index >= 15 is 0 Å². The van der Waals surface area contributed by atoms with Gasteiger partial charge in [-0.15, -0.1) is 0 Å². The second-order valence-electron chi connectivity index (χ2n) is 8.62. The highest BCUT2D eigenvalue weighted by atomic mass is 16.5. The predicted molar refractivity (Wildman–Crippen MR) is 128 cm³/mol. The third kappa shape index (κ3) is 5.53. The van der Waals surface area contributed by atoms with Crippen molar-refractivity contribution in [2.45, 2.75) is 39.7 Å². The van der Waals surface area contributed by atoms with Crippen molar-refractivity contribution in [3.05, 3.63) is 60.0 Å². The minimum absolute atomic E-state index is 0.0319. The summed E-state index contributed by atoms with van der Waals surface area (Å²) in [6, 6.07) is 16.0. The summed E-state index contributed by atoms with van der Waals surface area (Å²) in [6.07, 6.45) is 2.79. The highest BCUT2D eigenvalue weighted by molar-refractivity contribution is 5.79. The van der Waals surface area contributed by atoms with E-state index in [1.807, 2.05) is 29.2 Å². The number of hydrogen-bond donors (Lipinski definition) is 0. The molecule has 1 unspecified atom stereocenters. The van der Waals surface area contributed by atoms with Crippen LogP contribution in [0.1, 0.15) is 37.6 Å². The van der Waals surface area contributed by atoms with E-state index in [1.54, 1.807) is 7.11 Å². The number of carbonyl (C=O) groups excluding carboxylic acids is 1. The maximum Gasteiger partial charge on any atom is 0.246 e. The van der Waals surface area contributed by atoms with Gasteiger partial charge in [0.25, 0.3) is 0 Å². The molecule has 0 N–H and O–H groups in total. The van der Waals surface area contributed by atoms with Crippen LogP contribution in [0.5, 0.6) is 5.75 Å². The molecule has 1 amide bonds. The monoisotopic (exact) mass is 448 g/mol. The fourth-order valence-corrected chi connectivity index (χ4v) is 4.30. The highest BCUT2D eigenvalue weighted by Crippen LogP contribution is 2.26. The quantitative estimate of drug-likeness (QED) is 0.497. The Morgan fingerprint density at radius 1 is 1.18 bits per heavy atom. The zero-order chi connectivity index (χ0) is 23.2. The Morgan fingerprint density at radius 3 is 2.64 bits per heavy atom. The molecule has 7 nitrogen and oxygen atoms in total. The summed E-state index contributed by atoms with van der Waals surface area (Å²) in [5.41, 5.74) is 3.27. The SMILES string of the molecule is CCCN(Cc1nc(-c2ccc(OC)cc2)no1)C(=O)C1CCCN(c2ccc(C)cc2)C1. The van der Waals surface area contributed by atoms with Gasteiger partial charge in [0, 0.05) is 30.9 Å². The molecule has 0 radical (unpaired) electrons. The van der Waals surface area contributed by atoms with Crippen LogP contribution >= 0.6 is 0 Å². The number of nitrogens with zero attached hydrogens (tertiary/aromatic N) is 4. The molecule has 2 aromatic carbocycles. The molecule has 33 heavy (non-hydrogen) atoms. The van der Waals surface area contributed by atoms with Gasteiger partial charge in [0.2, 0.25) is 17.6 Å². The number of carbonyl (C=O) groups is 1. The lowest BCUT2D eigenvalue weighted by Gasteiger charge is -2.36. The fraction of sp³-hybridized carbons (Fsp3) is 0.423. The molecule has 0 saturated carbocycles. The molecular formula is C26H32N4O3. The lowest BCUT2D eigenvalue weighted by Crippen LogP contribution is -2.45. The Kier molecular flexibility index (Phi) is 7.27. The van der Waals surface area contributed by atoms with Crippen molar-refractivity contribution in [2.75, 3.05) is 31.6 Å². The number of piperidine rings is 1. The summed E-state index contributed by atoms with van der Waals surface area (Å²) in [5, 5.41) is 4.11. The summed E-state index contributed by atoms with van der Waals surface area (Å²) in [4.78, 5) is 22.2. The van der Waals surface area contributed by atoms with Gasteiger partial charge in [-0.25, -0.2) is 0 Å². The normalized spacial score (nSPS) is 16.0. The van der Waals surface area contributed by atoms with Gasteiger partial charge in [-0.3, -0.25) is 4.79 Å². The van der Waals surface area contributed by atoms with E-state index in [0.717, 1.165) is 43.7 Å².